The quantitative estimate of drug-likeness (QED) is 0.405. The minimum Gasteiger partial charge on any atom is -0.0675 e. The smallest absolute Gasteiger partial charge is 0.0675 e. The van der Waals surface area contributed by atoms with Crippen LogP contribution in [0.25, 0.3) is 0 Å². The summed E-state index contributed by atoms with van der Waals surface area (Å²) in [6.45, 7) is 4.53. The van der Waals surface area contributed by atoms with Gasteiger partial charge < -0.3 is 0 Å². The highest BCUT2D eigenvalue weighted by Crippen LogP contribution is 2.32. The van der Waals surface area contributed by atoms with Crippen LogP contribution in [0.15, 0.2) is 0 Å². The van der Waals surface area contributed by atoms with Crippen LogP contribution in [-0.2, 0) is 0 Å². The average molecular weight is 352 g/mol. The molecule has 0 aromatic rings. The summed E-state index contributed by atoms with van der Waals surface area (Å²) in [5, 5.41) is 0. The van der Waals surface area contributed by atoms with Gasteiger partial charge in [0, 0.05) is 0 Å². The van der Waals surface area contributed by atoms with Crippen LogP contribution in [0.4, 0.5) is 0 Å². The third kappa shape index (κ3) is 9.46. The predicted octanol–water partition coefficient (Wildman–Crippen LogP) is 4.15. The van der Waals surface area contributed by atoms with E-state index in [-0.39, 0.29) is 0 Å². The van der Waals surface area contributed by atoms with E-state index in [2.05, 4.69) is 59.0 Å². The Labute approximate surface area is 85.5 Å². The molecular weight excluding hydrogens is 338 g/mol. The number of hydrogen-bond donors (Lipinski definition) is 0. The first-order chi connectivity index (χ1) is 4.06. The molecule has 0 radical (unpaired) electrons. The minimum atomic E-state index is 0.491. The van der Waals surface area contributed by atoms with Crippen molar-refractivity contribution in [2.45, 2.75) is 41.0 Å². The van der Waals surface area contributed by atoms with Crippen molar-refractivity contribution in [3.05, 3.63) is 0 Å². The Morgan fingerprint density at radius 1 is 1.22 bits per heavy atom. The molecule has 56 valence electrons. The maximum Gasteiger partial charge on any atom is 0.0706 e. The van der Waals surface area contributed by atoms with E-state index in [1.807, 2.05) is 0 Å². The van der Waals surface area contributed by atoms with Crippen LogP contribution in [0.1, 0.15) is 39.5 Å². The summed E-state index contributed by atoms with van der Waals surface area (Å²) in [6, 6.07) is 0. The second kappa shape index (κ2) is 5.16. The zero-order chi connectivity index (χ0) is 7.33. The highest BCUT2D eigenvalue weighted by molar-refractivity contribution is 14.2. The Morgan fingerprint density at radius 2 is 1.78 bits per heavy atom. The maximum atomic E-state index is 2.50. The minimum absolute atomic E-state index is 0.491. The third-order valence-corrected chi connectivity index (χ3v) is 2.30. The molecule has 0 atom stereocenters. The molecule has 0 heterocycles. The molecule has 0 aliphatic rings. The van der Waals surface area contributed by atoms with E-state index in [1.54, 1.807) is 0 Å². The van der Waals surface area contributed by atoms with Gasteiger partial charge in [0.05, 0.1) is 1.43 Å². The van der Waals surface area contributed by atoms with E-state index in [4.69, 9.17) is 0 Å². The lowest BCUT2D eigenvalue weighted by Crippen LogP contribution is -2.02. The summed E-state index contributed by atoms with van der Waals surface area (Å²) in [7, 11) is 0. The molecule has 0 saturated heterocycles. The molecule has 0 amide bonds. The maximum absolute atomic E-state index is 2.50. The van der Waals surface area contributed by atoms with Gasteiger partial charge >= 0.3 is 0 Å². The van der Waals surface area contributed by atoms with Crippen LogP contribution in [-0.4, -0.2) is 1.43 Å². The molecule has 0 aromatic heterocycles. The molecule has 0 unspecified atom stereocenters. The monoisotopic (exact) mass is 352 g/mol. The normalized spacial score (nSPS) is 12.0. The van der Waals surface area contributed by atoms with Crippen LogP contribution in [0, 0.1) is 0 Å². The van der Waals surface area contributed by atoms with Crippen LogP contribution < -0.4 is 0 Å². The summed E-state index contributed by atoms with van der Waals surface area (Å²) >= 11 is 5.01. The molecule has 0 aromatic carbocycles. The second-order valence-corrected chi connectivity index (χ2v) is 9.35. The third-order valence-electron chi connectivity index (χ3n) is 1.22. The summed E-state index contributed by atoms with van der Waals surface area (Å²) in [4.78, 5) is 0. The highest BCUT2D eigenvalue weighted by atomic mass is 127. The molecule has 0 N–H and O–H groups in total. The highest BCUT2D eigenvalue weighted by Gasteiger charge is 2.12. The fourth-order valence-corrected chi connectivity index (χ4v) is 1.45. The van der Waals surface area contributed by atoms with E-state index in [9.17, 15) is 0 Å². The molecule has 0 rings (SSSR count). The van der Waals surface area contributed by atoms with Gasteiger partial charge in [0.15, 0.2) is 0 Å². The average Bonchev–Trinajstić information content (AvgIpc) is 1.63. The first-order valence-electron chi connectivity index (χ1n) is 3.44. The van der Waals surface area contributed by atoms with Crippen LogP contribution >= 0.6 is 45.2 Å². The standard InChI is InChI=1S/C7H14I2/c1-3-4-5-6-7(2,8)9/h3-6H2,1-2H3. The fraction of sp³-hybridized carbons (Fsp3) is 1.00. The number of alkyl halides is 2. The van der Waals surface area contributed by atoms with E-state index < -0.39 is 0 Å². The van der Waals surface area contributed by atoms with Crippen LogP contribution in [0.3, 0.4) is 0 Å². The molecule has 0 aliphatic heterocycles. The van der Waals surface area contributed by atoms with Gasteiger partial charge in [-0.1, -0.05) is 71.4 Å². The van der Waals surface area contributed by atoms with E-state index >= 15 is 0 Å². The van der Waals surface area contributed by atoms with Crippen molar-refractivity contribution in [2.24, 2.45) is 0 Å². The Kier molecular flexibility index (Phi) is 5.99. The summed E-state index contributed by atoms with van der Waals surface area (Å²) in [5.41, 5.74) is 0. The molecule has 0 saturated carbocycles. The predicted molar refractivity (Wildman–Crippen MR) is 60.6 cm³/mol. The van der Waals surface area contributed by atoms with Gasteiger partial charge in [-0.3, -0.25) is 0 Å². The van der Waals surface area contributed by atoms with Crippen molar-refractivity contribution >= 4 is 45.2 Å². The first-order valence-corrected chi connectivity index (χ1v) is 5.60. The molecule has 9 heavy (non-hydrogen) atoms. The van der Waals surface area contributed by atoms with Gasteiger partial charge in [0.1, 0.15) is 0 Å². The number of hydrogen-bond acceptors (Lipinski definition) is 0. The summed E-state index contributed by atoms with van der Waals surface area (Å²) < 4.78 is 0.491. The van der Waals surface area contributed by atoms with Gasteiger partial charge in [0.25, 0.3) is 0 Å². The van der Waals surface area contributed by atoms with E-state index in [0.29, 0.717) is 1.43 Å². The topological polar surface area (TPSA) is 0 Å². The Balaban J connectivity index is 3.07. The Hall–Kier alpha value is 1.46. The SMILES string of the molecule is CCCCCC(C)(I)I. The number of rotatable bonds is 4. The van der Waals surface area contributed by atoms with Crippen molar-refractivity contribution in [2.75, 3.05) is 0 Å². The molecule has 0 bridgehead atoms. The van der Waals surface area contributed by atoms with E-state index in [0.717, 1.165) is 0 Å². The fourth-order valence-electron chi connectivity index (χ4n) is 0.685. The lowest BCUT2D eigenvalue weighted by atomic mass is 10.2. The lowest BCUT2D eigenvalue weighted by Gasteiger charge is -2.12. The molecule has 0 spiro atoms. The summed E-state index contributed by atoms with van der Waals surface area (Å²) in [6.07, 6.45) is 5.46. The van der Waals surface area contributed by atoms with Crippen molar-refractivity contribution in [1.82, 2.24) is 0 Å². The van der Waals surface area contributed by atoms with Gasteiger partial charge in [-0.25, -0.2) is 0 Å². The molecule has 0 fully saturated rings. The number of unbranched alkanes of at least 4 members (excludes halogenated alkanes) is 2. The van der Waals surface area contributed by atoms with Crippen LogP contribution in [0.2, 0.25) is 0 Å². The van der Waals surface area contributed by atoms with Gasteiger partial charge in [0.2, 0.25) is 0 Å². The molecule has 0 nitrogen and oxygen atoms in total. The van der Waals surface area contributed by atoms with Crippen molar-refractivity contribution in [3.63, 3.8) is 0 Å². The lowest BCUT2D eigenvalue weighted by molar-refractivity contribution is 0.665. The van der Waals surface area contributed by atoms with Crippen LogP contribution in [0.5, 0.6) is 0 Å². The zero-order valence-corrected chi connectivity index (χ0v) is 10.4. The van der Waals surface area contributed by atoms with Gasteiger partial charge in [-0.15, -0.1) is 0 Å². The van der Waals surface area contributed by atoms with E-state index in [1.165, 1.54) is 25.7 Å². The Morgan fingerprint density at radius 3 is 2.11 bits per heavy atom. The van der Waals surface area contributed by atoms with Gasteiger partial charge in [-0.05, 0) is 13.3 Å². The number of halogens is 2. The van der Waals surface area contributed by atoms with Crippen molar-refractivity contribution in [3.8, 4) is 0 Å². The van der Waals surface area contributed by atoms with Gasteiger partial charge in [-0.2, -0.15) is 0 Å². The molecule has 0 aliphatic carbocycles. The zero-order valence-electron chi connectivity index (χ0n) is 6.08. The largest absolute Gasteiger partial charge is 0.0706 e. The second-order valence-electron chi connectivity index (χ2n) is 2.53. The van der Waals surface area contributed by atoms with Crippen molar-refractivity contribution in [1.29, 1.82) is 0 Å². The summed E-state index contributed by atoms with van der Waals surface area (Å²) in [5.74, 6) is 0. The molecular formula is C7H14I2. The van der Waals surface area contributed by atoms with Crippen molar-refractivity contribution < 1.29 is 0 Å². The first kappa shape index (κ1) is 10.5. The Bertz CT molecular complexity index is 63.8. The molecule has 2 heteroatoms.